The molecular formula is C11H16N4. The van der Waals surface area contributed by atoms with E-state index in [0.29, 0.717) is 23.3 Å². The van der Waals surface area contributed by atoms with E-state index in [1.54, 1.807) is 6.07 Å². The Morgan fingerprint density at radius 1 is 1.47 bits per heavy atom. The minimum Gasteiger partial charge on any atom is -0.365 e. The van der Waals surface area contributed by atoms with Crippen LogP contribution in [-0.4, -0.2) is 16.2 Å². The molecule has 0 aliphatic carbocycles. The summed E-state index contributed by atoms with van der Waals surface area (Å²) in [6.45, 7) is 6.41. The van der Waals surface area contributed by atoms with Gasteiger partial charge in [-0.2, -0.15) is 10.4 Å². The first kappa shape index (κ1) is 11.4. The average Bonchev–Trinajstić information content (AvgIpc) is 2.17. The molecule has 1 unspecified atom stereocenters. The Hall–Kier alpha value is -1.63. The van der Waals surface area contributed by atoms with Crippen molar-refractivity contribution in [2.75, 3.05) is 5.32 Å². The van der Waals surface area contributed by atoms with E-state index in [1.807, 2.05) is 0 Å². The van der Waals surface area contributed by atoms with Gasteiger partial charge in [-0.05, 0) is 25.3 Å². The van der Waals surface area contributed by atoms with Crippen molar-refractivity contribution in [1.82, 2.24) is 10.2 Å². The number of hydrogen-bond acceptors (Lipinski definition) is 4. The maximum absolute atomic E-state index is 8.86. The van der Waals surface area contributed by atoms with E-state index >= 15 is 0 Å². The van der Waals surface area contributed by atoms with Crippen LogP contribution < -0.4 is 5.32 Å². The third-order valence-electron chi connectivity index (χ3n) is 2.05. The first-order chi connectivity index (χ1) is 7.13. The molecule has 0 bridgehead atoms. The largest absolute Gasteiger partial charge is 0.365 e. The molecule has 0 fully saturated rings. The molecule has 4 nitrogen and oxygen atoms in total. The summed E-state index contributed by atoms with van der Waals surface area (Å²) in [4.78, 5) is 0. The molecule has 15 heavy (non-hydrogen) atoms. The van der Waals surface area contributed by atoms with Crippen LogP contribution in [0.5, 0.6) is 0 Å². The van der Waals surface area contributed by atoms with Crippen molar-refractivity contribution in [3.63, 3.8) is 0 Å². The Bertz CT molecular complexity index is 354. The van der Waals surface area contributed by atoms with Crippen LogP contribution in [0.3, 0.4) is 0 Å². The fourth-order valence-electron chi connectivity index (χ4n) is 1.53. The van der Waals surface area contributed by atoms with E-state index in [1.165, 1.54) is 6.20 Å². The van der Waals surface area contributed by atoms with Crippen LogP contribution in [-0.2, 0) is 0 Å². The van der Waals surface area contributed by atoms with Gasteiger partial charge in [0.25, 0.3) is 0 Å². The maximum atomic E-state index is 8.86. The summed E-state index contributed by atoms with van der Waals surface area (Å²) in [6, 6.07) is 4.05. The van der Waals surface area contributed by atoms with Gasteiger partial charge < -0.3 is 5.32 Å². The number of aromatic nitrogens is 2. The molecule has 1 N–H and O–H groups in total. The second kappa shape index (κ2) is 5.30. The van der Waals surface area contributed by atoms with Gasteiger partial charge in [-0.15, -0.1) is 5.10 Å². The zero-order valence-electron chi connectivity index (χ0n) is 9.36. The second-order valence-corrected chi connectivity index (χ2v) is 4.08. The predicted octanol–water partition coefficient (Wildman–Crippen LogP) is 2.19. The van der Waals surface area contributed by atoms with Crippen molar-refractivity contribution in [1.29, 1.82) is 5.26 Å². The van der Waals surface area contributed by atoms with Gasteiger partial charge in [0.2, 0.25) is 0 Å². The van der Waals surface area contributed by atoms with Crippen LogP contribution in [0.4, 0.5) is 5.82 Å². The zero-order valence-corrected chi connectivity index (χ0v) is 9.36. The fraction of sp³-hybridized carbons (Fsp3) is 0.545. The number of nitrogens with zero attached hydrogens (tertiary/aromatic N) is 3. The molecule has 1 rings (SSSR count). The molecule has 0 saturated carbocycles. The van der Waals surface area contributed by atoms with Crippen LogP contribution in [0, 0.1) is 17.2 Å². The number of nitriles is 1. The van der Waals surface area contributed by atoms with E-state index in [-0.39, 0.29) is 0 Å². The third kappa shape index (κ3) is 3.55. The SMILES string of the molecule is CC(C)CC(C)Nc1nnccc1C#N. The predicted molar refractivity (Wildman–Crippen MR) is 59.3 cm³/mol. The first-order valence-corrected chi connectivity index (χ1v) is 5.11. The Balaban J connectivity index is 2.68. The second-order valence-electron chi connectivity index (χ2n) is 4.08. The van der Waals surface area contributed by atoms with Crippen LogP contribution in [0.2, 0.25) is 0 Å². The lowest BCUT2D eigenvalue weighted by molar-refractivity contribution is 0.538. The van der Waals surface area contributed by atoms with E-state index in [2.05, 4.69) is 42.4 Å². The molecule has 1 aromatic rings. The van der Waals surface area contributed by atoms with Gasteiger partial charge in [0.05, 0.1) is 11.8 Å². The van der Waals surface area contributed by atoms with Crippen molar-refractivity contribution in [2.24, 2.45) is 5.92 Å². The molecule has 0 aliphatic rings. The molecule has 1 heterocycles. The summed E-state index contributed by atoms with van der Waals surface area (Å²) in [5, 5.41) is 19.7. The number of hydrogen-bond donors (Lipinski definition) is 1. The van der Waals surface area contributed by atoms with Crippen molar-refractivity contribution in [3.05, 3.63) is 17.8 Å². The van der Waals surface area contributed by atoms with Gasteiger partial charge in [-0.25, -0.2) is 0 Å². The quantitative estimate of drug-likeness (QED) is 0.816. The van der Waals surface area contributed by atoms with Crippen molar-refractivity contribution >= 4 is 5.82 Å². The summed E-state index contributed by atoms with van der Waals surface area (Å²) >= 11 is 0. The van der Waals surface area contributed by atoms with Gasteiger partial charge in [0.1, 0.15) is 6.07 Å². The standard InChI is InChI=1S/C11H16N4/c1-8(2)6-9(3)14-11-10(7-12)4-5-13-15-11/h4-5,8-9H,6H2,1-3H3,(H,14,15). The molecule has 80 valence electrons. The van der Waals surface area contributed by atoms with Gasteiger partial charge >= 0.3 is 0 Å². The monoisotopic (exact) mass is 204 g/mol. The molecule has 0 aliphatic heterocycles. The molecule has 0 radical (unpaired) electrons. The highest BCUT2D eigenvalue weighted by Crippen LogP contribution is 2.13. The average molecular weight is 204 g/mol. The summed E-state index contributed by atoms with van der Waals surface area (Å²) in [5.41, 5.74) is 0.542. The van der Waals surface area contributed by atoms with Gasteiger partial charge in [0, 0.05) is 6.04 Å². The van der Waals surface area contributed by atoms with Gasteiger partial charge in [0.15, 0.2) is 5.82 Å². The number of nitrogens with one attached hydrogen (secondary N) is 1. The summed E-state index contributed by atoms with van der Waals surface area (Å²) in [6.07, 6.45) is 2.57. The zero-order chi connectivity index (χ0) is 11.3. The van der Waals surface area contributed by atoms with Crippen LogP contribution in [0.1, 0.15) is 32.8 Å². The molecule has 1 aromatic heterocycles. The number of anilines is 1. The fourth-order valence-corrected chi connectivity index (χ4v) is 1.53. The Morgan fingerprint density at radius 2 is 2.20 bits per heavy atom. The number of rotatable bonds is 4. The lowest BCUT2D eigenvalue weighted by Gasteiger charge is -2.16. The normalized spacial score (nSPS) is 12.2. The summed E-state index contributed by atoms with van der Waals surface area (Å²) < 4.78 is 0. The maximum Gasteiger partial charge on any atom is 0.166 e. The van der Waals surface area contributed by atoms with Crippen molar-refractivity contribution in [2.45, 2.75) is 33.2 Å². The lowest BCUT2D eigenvalue weighted by atomic mass is 10.1. The summed E-state index contributed by atoms with van der Waals surface area (Å²) in [5.74, 6) is 1.20. The van der Waals surface area contributed by atoms with Crippen LogP contribution >= 0.6 is 0 Å². The summed E-state index contributed by atoms with van der Waals surface area (Å²) in [7, 11) is 0. The Labute approximate surface area is 90.3 Å². The topological polar surface area (TPSA) is 61.6 Å². The van der Waals surface area contributed by atoms with Crippen LogP contribution in [0.25, 0.3) is 0 Å². The van der Waals surface area contributed by atoms with E-state index in [9.17, 15) is 0 Å². The van der Waals surface area contributed by atoms with Crippen LogP contribution in [0.15, 0.2) is 12.3 Å². The molecule has 0 saturated heterocycles. The molecule has 0 aromatic carbocycles. The highest BCUT2D eigenvalue weighted by Gasteiger charge is 2.08. The molecule has 4 heteroatoms. The molecular weight excluding hydrogens is 188 g/mol. The smallest absolute Gasteiger partial charge is 0.166 e. The first-order valence-electron chi connectivity index (χ1n) is 5.11. The minimum atomic E-state index is 0.300. The Morgan fingerprint density at radius 3 is 2.80 bits per heavy atom. The van der Waals surface area contributed by atoms with Crippen molar-refractivity contribution in [3.8, 4) is 6.07 Å². The Kier molecular flexibility index (Phi) is 4.04. The van der Waals surface area contributed by atoms with E-state index in [4.69, 9.17) is 5.26 Å². The van der Waals surface area contributed by atoms with E-state index < -0.39 is 0 Å². The minimum absolute atomic E-state index is 0.300. The van der Waals surface area contributed by atoms with Gasteiger partial charge in [-0.1, -0.05) is 13.8 Å². The molecule has 0 amide bonds. The lowest BCUT2D eigenvalue weighted by Crippen LogP contribution is -2.19. The molecule has 0 spiro atoms. The highest BCUT2D eigenvalue weighted by molar-refractivity contribution is 5.50. The van der Waals surface area contributed by atoms with Gasteiger partial charge in [-0.3, -0.25) is 0 Å². The highest BCUT2D eigenvalue weighted by atomic mass is 15.2. The van der Waals surface area contributed by atoms with Crippen molar-refractivity contribution < 1.29 is 0 Å². The molecule has 1 atom stereocenters. The third-order valence-corrected chi connectivity index (χ3v) is 2.05. The van der Waals surface area contributed by atoms with E-state index in [0.717, 1.165) is 6.42 Å².